The smallest absolute Gasteiger partial charge is 0.226 e. The van der Waals surface area contributed by atoms with Gasteiger partial charge in [-0.15, -0.1) is 0 Å². The second-order valence-corrected chi connectivity index (χ2v) is 5.84. The molecule has 0 bridgehead atoms. The summed E-state index contributed by atoms with van der Waals surface area (Å²) in [4.78, 5) is 14.2. The first-order valence-corrected chi connectivity index (χ1v) is 7.22. The van der Waals surface area contributed by atoms with Gasteiger partial charge in [0, 0.05) is 24.2 Å². The number of rotatable bonds is 3. The predicted octanol–water partition coefficient (Wildman–Crippen LogP) is 2.47. The van der Waals surface area contributed by atoms with Crippen molar-refractivity contribution in [2.45, 2.75) is 32.2 Å². The molecule has 0 aliphatic carbocycles. The van der Waals surface area contributed by atoms with Crippen LogP contribution < -0.4 is 5.73 Å². The molecule has 2 N–H and O–H groups in total. The van der Waals surface area contributed by atoms with Gasteiger partial charge in [-0.05, 0) is 43.4 Å². The Morgan fingerprint density at radius 1 is 1.47 bits per heavy atom. The third kappa shape index (κ3) is 3.95. The van der Waals surface area contributed by atoms with Crippen molar-refractivity contribution in [3.8, 4) is 0 Å². The Hall–Kier alpha value is -1.06. The summed E-state index contributed by atoms with van der Waals surface area (Å²) in [5.74, 6) is 0.621. The lowest BCUT2D eigenvalue weighted by atomic mass is 9.92. The van der Waals surface area contributed by atoms with E-state index in [9.17, 15) is 4.79 Å². The lowest BCUT2D eigenvalue weighted by Gasteiger charge is -2.34. The Balaban J connectivity index is 1.94. The lowest BCUT2D eigenvalue weighted by Crippen LogP contribution is -2.45. The number of likely N-dealkylation sites (tertiary alicyclic amines) is 1. The fraction of sp³-hybridized carbons (Fsp3) is 0.533. The SMILES string of the molecule is C[C@H](N)[C@H]1CCCN(C(=O)Cc2ccc(Cl)cc2)C1. The predicted molar refractivity (Wildman–Crippen MR) is 78.1 cm³/mol. The number of carbonyl (C=O) groups is 1. The standard InChI is InChI=1S/C15H21ClN2O/c1-11(17)13-3-2-8-18(10-13)15(19)9-12-4-6-14(16)7-5-12/h4-7,11,13H,2-3,8-10,17H2,1H3/t11-,13-/m0/s1. The number of piperidine rings is 1. The van der Waals surface area contributed by atoms with Crippen molar-refractivity contribution in [2.24, 2.45) is 11.7 Å². The van der Waals surface area contributed by atoms with E-state index in [1.807, 2.05) is 36.1 Å². The van der Waals surface area contributed by atoms with Gasteiger partial charge in [-0.1, -0.05) is 23.7 Å². The van der Waals surface area contributed by atoms with Gasteiger partial charge in [0.15, 0.2) is 0 Å². The van der Waals surface area contributed by atoms with Crippen LogP contribution in [0.15, 0.2) is 24.3 Å². The monoisotopic (exact) mass is 280 g/mol. The highest BCUT2D eigenvalue weighted by molar-refractivity contribution is 6.30. The molecule has 2 rings (SSSR count). The third-order valence-electron chi connectivity index (χ3n) is 3.82. The van der Waals surface area contributed by atoms with Crippen LogP contribution in [0.25, 0.3) is 0 Å². The fourth-order valence-corrected chi connectivity index (χ4v) is 2.68. The number of halogens is 1. The van der Waals surface area contributed by atoms with Gasteiger partial charge in [0.25, 0.3) is 0 Å². The van der Waals surface area contributed by atoms with E-state index in [1.165, 1.54) is 0 Å². The van der Waals surface area contributed by atoms with Crippen molar-refractivity contribution in [3.63, 3.8) is 0 Å². The summed E-state index contributed by atoms with van der Waals surface area (Å²) < 4.78 is 0. The highest BCUT2D eigenvalue weighted by atomic mass is 35.5. The van der Waals surface area contributed by atoms with Crippen LogP contribution >= 0.6 is 11.6 Å². The molecular weight excluding hydrogens is 260 g/mol. The molecule has 0 radical (unpaired) electrons. The molecule has 0 unspecified atom stereocenters. The van der Waals surface area contributed by atoms with Crippen molar-refractivity contribution in [1.29, 1.82) is 0 Å². The van der Waals surface area contributed by atoms with Crippen LogP contribution in [0.3, 0.4) is 0 Å². The number of nitrogens with zero attached hydrogens (tertiary/aromatic N) is 1. The normalized spacial score (nSPS) is 21.2. The van der Waals surface area contributed by atoms with Crippen LogP contribution in [0.4, 0.5) is 0 Å². The van der Waals surface area contributed by atoms with Crippen molar-refractivity contribution in [2.75, 3.05) is 13.1 Å². The van der Waals surface area contributed by atoms with Crippen molar-refractivity contribution < 1.29 is 4.79 Å². The molecule has 1 saturated heterocycles. The Morgan fingerprint density at radius 3 is 2.79 bits per heavy atom. The molecule has 1 heterocycles. The maximum absolute atomic E-state index is 12.3. The van der Waals surface area contributed by atoms with E-state index in [0.717, 1.165) is 31.5 Å². The van der Waals surface area contributed by atoms with Gasteiger partial charge in [0.1, 0.15) is 0 Å². The second-order valence-electron chi connectivity index (χ2n) is 5.40. The molecular formula is C15H21ClN2O. The van der Waals surface area contributed by atoms with E-state index in [1.54, 1.807) is 0 Å². The lowest BCUT2D eigenvalue weighted by molar-refractivity contribution is -0.132. The minimum absolute atomic E-state index is 0.158. The summed E-state index contributed by atoms with van der Waals surface area (Å²) in [7, 11) is 0. The molecule has 3 nitrogen and oxygen atoms in total. The van der Waals surface area contributed by atoms with Crippen LogP contribution in [-0.4, -0.2) is 29.9 Å². The molecule has 1 aliphatic rings. The van der Waals surface area contributed by atoms with E-state index < -0.39 is 0 Å². The van der Waals surface area contributed by atoms with Gasteiger partial charge in [-0.25, -0.2) is 0 Å². The van der Waals surface area contributed by atoms with Crippen LogP contribution in [0, 0.1) is 5.92 Å². The quantitative estimate of drug-likeness (QED) is 0.924. The summed E-state index contributed by atoms with van der Waals surface area (Å²) in [5, 5.41) is 0.700. The highest BCUT2D eigenvalue weighted by Gasteiger charge is 2.25. The van der Waals surface area contributed by atoms with Gasteiger partial charge < -0.3 is 10.6 Å². The van der Waals surface area contributed by atoms with Crippen molar-refractivity contribution >= 4 is 17.5 Å². The molecule has 19 heavy (non-hydrogen) atoms. The van der Waals surface area contributed by atoms with Gasteiger partial charge in [0.05, 0.1) is 6.42 Å². The van der Waals surface area contributed by atoms with E-state index in [2.05, 4.69) is 0 Å². The molecule has 0 spiro atoms. The van der Waals surface area contributed by atoms with E-state index in [-0.39, 0.29) is 11.9 Å². The largest absolute Gasteiger partial charge is 0.342 e. The minimum atomic E-state index is 0.158. The van der Waals surface area contributed by atoms with Gasteiger partial charge in [-0.3, -0.25) is 4.79 Å². The average molecular weight is 281 g/mol. The van der Waals surface area contributed by atoms with Gasteiger partial charge in [-0.2, -0.15) is 0 Å². The summed E-state index contributed by atoms with van der Waals surface area (Å²) in [6, 6.07) is 7.63. The molecule has 1 aliphatic heterocycles. The Morgan fingerprint density at radius 2 is 2.16 bits per heavy atom. The minimum Gasteiger partial charge on any atom is -0.342 e. The molecule has 1 aromatic carbocycles. The molecule has 1 amide bonds. The van der Waals surface area contributed by atoms with Crippen LogP contribution in [0.5, 0.6) is 0 Å². The number of nitrogens with two attached hydrogens (primary N) is 1. The Bertz CT molecular complexity index is 430. The average Bonchev–Trinajstić information content (AvgIpc) is 2.41. The zero-order valence-electron chi connectivity index (χ0n) is 11.3. The summed E-state index contributed by atoms with van der Waals surface area (Å²) in [6.45, 7) is 3.68. The molecule has 2 atom stereocenters. The summed E-state index contributed by atoms with van der Waals surface area (Å²) in [5.41, 5.74) is 6.96. The van der Waals surface area contributed by atoms with E-state index >= 15 is 0 Å². The second kappa shape index (κ2) is 6.40. The maximum atomic E-state index is 12.3. The first kappa shape index (κ1) is 14.4. The number of amides is 1. The van der Waals surface area contributed by atoms with Gasteiger partial charge >= 0.3 is 0 Å². The molecule has 0 saturated carbocycles. The fourth-order valence-electron chi connectivity index (χ4n) is 2.55. The van der Waals surface area contributed by atoms with E-state index in [0.29, 0.717) is 17.4 Å². The van der Waals surface area contributed by atoms with Crippen LogP contribution in [-0.2, 0) is 11.2 Å². The van der Waals surface area contributed by atoms with E-state index in [4.69, 9.17) is 17.3 Å². The Kier molecular flexibility index (Phi) is 4.83. The highest BCUT2D eigenvalue weighted by Crippen LogP contribution is 2.20. The molecule has 104 valence electrons. The topological polar surface area (TPSA) is 46.3 Å². The maximum Gasteiger partial charge on any atom is 0.226 e. The molecule has 1 fully saturated rings. The first-order valence-electron chi connectivity index (χ1n) is 6.84. The molecule has 4 heteroatoms. The zero-order chi connectivity index (χ0) is 13.8. The Labute approximate surface area is 119 Å². The van der Waals surface area contributed by atoms with Crippen molar-refractivity contribution in [3.05, 3.63) is 34.9 Å². The number of hydrogen-bond acceptors (Lipinski definition) is 2. The first-order chi connectivity index (χ1) is 9.06. The number of carbonyl (C=O) groups excluding carboxylic acids is 1. The molecule has 0 aromatic heterocycles. The third-order valence-corrected chi connectivity index (χ3v) is 4.07. The molecule has 1 aromatic rings. The van der Waals surface area contributed by atoms with Crippen LogP contribution in [0.1, 0.15) is 25.3 Å². The number of hydrogen-bond donors (Lipinski definition) is 1. The summed E-state index contributed by atoms with van der Waals surface area (Å²) >= 11 is 5.84. The summed E-state index contributed by atoms with van der Waals surface area (Å²) in [6.07, 6.45) is 2.63. The van der Waals surface area contributed by atoms with Gasteiger partial charge in [0.2, 0.25) is 5.91 Å². The number of benzene rings is 1. The zero-order valence-corrected chi connectivity index (χ0v) is 12.1. The van der Waals surface area contributed by atoms with Crippen molar-refractivity contribution in [1.82, 2.24) is 4.90 Å². The van der Waals surface area contributed by atoms with Crippen LogP contribution in [0.2, 0.25) is 5.02 Å².